The van der Waals surface area contributed by atoms with E-state index >= 15 is 0 Å². The largest absolute Gasteiger partial charge is 0.392 e. The van der Waals surface area contributed by atoms with Crippen molar-refractivity contribution in [3.63, 3.8) is 0 Å². The second-order valence-corrected chi connectivity index (χ2v) is 1.44. The standard InChI is InChI=1S/C5H11NO/c1-5(4-6)2-3-7/h2,7H,3-4,6H2,1H3. The second-order valence-electron chi connectivity index (χ2n) is 1.44. The molecule has 0 aliphatic rings. The Kier molecular flexibility index (Phi) is 3.65. The number of hydrogen-bond acceptors (Lipinski definition) is 2. The summed E-state index contributed by atoms with van der Waals surface area (Å²) in [6.07, 6.45) is 1.69. The Morgan fingerprint density at radius 1 is 1.86 bits per heavy atom. The maximum atomic E-state index is 8.24. The van der Waals surface area contributed by atoms with Crippen molar-refractivity contribution >= 4 is 0 Å². The quantitative estimate of drug-likeness (QED) is 0.476. The second kappa shape index (κ2) is 3.84. The summed E-state index contributed by atoms with van der Waals surface area (Å²) in [5, 5.41) is 8.24. The van der Waals surface area contributed by atoms with Gasteiger partial charge in [-0.3, -0.25) is 0 Å². The van der Waals surface area contributed by atoms with E-state index in [2.05, 4.69) is 0 Å². The lowest BCUT2D eigenvalue weighted by Gasteiger charge is -1.88. The fraction of sp³-hybridized carbons (Fsp3) is 0.600. The molecule has 0 amide bonds. The summed E-state index contributed by atoms with van der Waals surface area (Å²) in [6, 6.07) is 0. The molecule has 3 N–H and O–H groups in total. The maximum absolute atomic E-state index is 8.24. The first-order chi connectivity index (χ1) is 3.31. The normalized spacial score (nSPS) is 12.1. The van der Waals surface area contributed by atoms with Crippen molar-refractivity contribution in [2.24, 2.45) is 5.73 Å². The van der Waals surface area contributed by atoms with Crippen molar-refractivity contribution in [2.75, 3.05) is 13.2 Å². The van der Waals surface area contributed by atoms with Crippen LogP contribution in [0.5, 0.6) is 0 Å². The first-order valence-electron chi connectivity index (χ1n) is 2.27. The highest BCUT2D eigenvalue weighted by molar-refractivity contribution is 4.98. The summed E-state index contributed by atoms with van der Waals surface area (Å²) in [4.78, 5) is 0. The molecule has 7 heavy (non-hydrogen) atoms. The summed E-state index contributed by atoms with van der Waals surface area (Å²) < 4.78 is 0. The highest BCUT2D eigenvalue weighted by atomic mass is 16.2. The van der Waals surface area contributed by atoms with E-state index in [1.807, 2.05) is 6.92 Å². The number of rotatable bonds is 2. The molecular formula is C5H11NO. The maximum Gasteiger partial charge on any atom is 0.0615 e. The van der Waals surface area contributed by atoms with Gasteiger partial charge >= 0.3 is 0 Å². The average Bonchev–Trinajstić information content (AvgIpc) is 1.68. The minimum Gasteiger partial charge on any atom is -0.392 e. The van der Waals surface area contributed by atoms with E-state index in [0.29, 0.717) is 6.54 Å². The number of aliphatic hydroxyl groups is 1. The molecule has 0 aromatic carbocycles. The van der Waals surface area contributed by atoms with Crippen molar-refractivity contribution in [2.45, 2.75) is 6.92 Å². The zero-order valence-corrected chi connectivity index (χ0v) is 4.52. The van der Waals surface area contributed by atoms with Crippen molar-refractivity contribution in [3.8, 4) is 0 Å². The van der Waals surface area contributed by atoms with Crippen molar-refractivity contribution in [1.82, 2.24) is 0 Å². The Morgan fingerprint density at radius 2 is 2.43 bits per heavy atom. The molecule has 2 nitrogen and oxygen atoms in total. The summed E-state index contributed by atoms with van der Waals surface area (Å²) in [5.41, 5.74) is 6.21. The van der Waals surface area contributed by atoms with Gasteiger partial charge in [-0.05, 0) is 6.92 Å². The van der Waals surface area contributed by atoms with Gasteiger partial charge < -0.3 is 10.8 Å². The van der Waals surface area contributed by atoms with Crippen LogP contribution in [0.15, 0.2) is 11.6 Å². The molecule has 0 saturated heterocycles. The van der Waals surface area contributed by atoms with Gasteiger partial charge in [-0.2, -0.15) is 0 Å². The topological polar surface area (TPSA) is 46.2 Å². The molecular weight excluding hydrogens is 90.1 g/mol. The van der Waals surface area contributed by atoms with E-state index in [4.69, 9.17) is 10.8 Å². The van der Waals surface area contributed by atoms with Gasteiger partial charge in [0, 0.05) is 6.54 Å². The molecule has 0 rings (SSSR count). The van der Waals surface area contributed by atoms with E-state index < -0.39 is 0 Å². The zero-order valence-electron chi connectivity index (χ0n) is 4.52. The molecule has 0 radical (unpaired) electrons. The predicted molar refractivity (Wildman–Crippen MR) is 29.9 cm³/mol. The van der Waals surface area contributed by atoms with Gasteiger partial charge in [0.05, 0.1) is 6.61 Å². The van der Waals surface area contributed by atoms with Gasteiger partial charge in [-0.1, -0.05) is 11.6 Å². The third-order valence-corrected chi connectivity index (χ3v) is 0.762. The van der Waals surface area contributed by atoms with E-state index in [9.17, 15) is 0 Å². The third kappa shape index (κ3) is 3.49. The first-order valence-corrected chi connectivity index (χ1v) is 2.27. The summed E-state index contributed by atoms with van der Waals surface area (Å²) >= 11 is 0. The van der Waals surface area contributed by atoms with Gasteiger partial charge in [0.1, 0.15) is 0 Å². The molecule has 2 heteroatoms. The van der Waals surface area contributed by atoms with E-state index in [-0.39, 0.29) is 6.61 Å². The lowest BCUT2D eigenvalue weighted by Crippen LogP contribution is -1.99. The molecule has 0 atom stereocenters. The smallest absolute Gasteiger partial charge is 0.0615 e. The number of nitrogens with two attached hydrogens (primary N) is 1. The van der Waals surface area contributed by atoms with Gasteiger partial charge in [-0.25, -0.2) is 0 Å². The molecule has 0 aromatic heterocycles. The van der Waals surface area contributed by atoms with Crippen LogP contribution in [0.1, 0.15) is 6.92 Å². The lowest BCUT2D eigenvalue weighted by molar-refractivity contribution is 0.341. The van der Waals surface area contributed by atoms with E-state index in [0.717, 1.165) is 5.57 Å². The van der Waals surface area contributed by atoms with Crippen molar-refractivity contribution in [3.05, 3.63) is 11.6 Å². The molecule has 42 valence electrons. The lowest BCUT2D eigenvalue weighted by atomic mass is 10.3. The van der Waals surface area contributed by atoms with Crippen molar-refractivity contribution in [1.29, 1.82) is 0 Å². The zero-order chi connectivity index (χ0) is 5.70. The molecule has 0 unspecified atom stereocenters. The Labute approximate surface area is 43.6 Å². The van der Waals surface area contributed by atoms with Gasteiger partial charge in [0.15, 0.2) is 0 Å². The highest BCUT2D eigenvalue weighted by Gasteiger charge is 1.77. The fourth-order valence-electron chi connectivity index (χ4n) is 0.239. The average molecular weight is 101 g/mol. The fourth-order valence-corrected chi connectivity index (χ4v) is 0.239. The van der Waals surface area contributed by atoms with Crippen LogP contribution in [0.25, 0.3) is 0 Å². The molecule has 0 aliphatic heterocycles. The van der Waals surface area contributed by atoms with Gasteiger partial charge in [-0.15, -0.1) is 0 Å². The molecule has 0 aliphatic carbocycles. The van der Waals surface area contributed by atoms with Crippen LogP contribution in [0.2, 0.25) is 0 Å². The minimum absolute atomic E-state index is 0.100. The predicted octanol–water partition coefficient (Wildman–Crippen LogP) is -0.116. The molecule has 0 bridgehead atoms. The number of hydrogen-bond donors (Lipinski definition) is 2. The minimum atomic E-state index is 0.100. The third-order valence-electron chi connectivity index (χ3n) is 0.762. The van der Waals surface area contributed by atoms with Crippen LogP contribution in [-0.4, -0.2) is 18.3 Å². The Morgan fingerprint density at radius 3 is 2.57 bits per heavy atom. The van der Waals surface area contributed by atoms with Crippen LogP contribution in [0.4, 0.5) is 0 Å². The molecule has 0 aromatic rings. The summed E-state index contributed by atoms with van der Waals surface area (Å²) in [5.74, 6) is 0. The summed E-state index contributed by atoms with van der Waals surface area (Å²) in [6.45, 7) is 2.53. The van der Waals surface area contributed by atoms with Crippen LogP contribution >= 0.6 is 0 Å². The van der Waals surface area contributed by atoms with E-state index in [1.54, 1.807) is 6.08 Å². The monoisotopic (exact) mass is 101 g/mol. The molecule has 0 spiro atoms. The van der Waals surface area contributed by atoms with Crippen molar-refractivity contribution < 1.29 is 5.11 Å². The van der Waals surface area contributed by atoms with E-state index in [1.165, 1.54) is 0 Å². The van der Waals surface area contributed by atoms with Crippen LogP contribution < -0.4 is 5.73 Å². The Bertz CT molecular complexity index is 68.5. The highest BCUT2D eigenvalue weighted by Crippen LogP contribution is 1.83. The van der Waals surface area contributed by atoms with Crippen LogP contribution in [0.3, 0.4) is 0 Å². The Hall–Kier alpha value is -0.340. The van der Waals surface area contributed by atoms with Crippen LogP contribution in [-0.2, 0) is 0 Å². The van der Waals surface area contributed by atoms with Gasteiger partial charge in [0.25, 0.3) is 0 Å². The van der Waals surface area contributed by atoms with Crippen LogP contribution in [0, 0.1) is 0 Å². The molecule has 0 heterocycles. The molecule has 0 saturated carbocycles. The summed E-state index contributed by atoms with van der Waals surface area (Å²) in [7, 11) is 0. The van der Waals surface area contributed by atoms with Gasteiger partial charge in [0.2, 0.25) is 0 Å². The molecule has 0 fully saturated rings. The SMILES string of the molecule is CC(=CCO)CN. The first kappa shape index (κ1) is 6.66. The Balaban J connectivity index is 3.29. The number of aliphatic hydroxyl groups excluding tert-OH is 1.